The highest BCUT2D eigenvalue weighted by molar-refractivity contribution is 5.90. The average Bonchev–Trinajstić information content (AvgIpc) is 2.42. The normalized spacial score (nSPS) is 9.89. The van der Waals surface area contributed by atoms with E-state index in [1.54, 1.807) is 36.7 Å². The molecule has 0 radical (unpaired) electrons. The molecule has 1 aromatic heterocycles. The number of carbonyl (C=O) groups is 1. The van der Waals surface area contributed by atoms with Crippen LogP contribution >= 0.6 is 0 Å². The van der Waals surface area contributed by atoms with Crippen LogP contribution in [0.15, 0.2) is 48.8 Å². The highest BCUT2D eigenvalue weighted by Gasteiger charge is 2.04. The largest absolute Gasteiger partial charge is 0.491 e. The number of hydrogen-bond acceptors (Lipinski definition) is 4. The average molecular weight is 257 g/mol. The van der Waals surface area contributed by atoms with Crippen molar-refractivity contribution in [2.24, 2.45) is 0 Å². The van der Waals surface area contributed by atoms with E-state index in [9.17, 15) is 4.79 Å². The monoisotopic (exact) mass is 257 g/mol. The van der Waals surface area contributed by atoms with E-state index in [0.717, 1.165) is 5.69 Å². The molecule has 0 atom stereocenters. The molecule has 0 unspecified atom stereocenters. The minimum Gasteiger partial charge on any atom is -0.491 e. The summed E-state index contributed by atoms with van der Waals surface area (Å²) in [4.78, 5) is 15.5. The molecule has 2 rings (SSSR count). The number of para-hydroxylation sites is 2. The Labute approximate surface area is 111 Å². The van der Waals surface area contributed by atoms with Gasteiger partial charge in [-0.25, -0.2) is 0 Å². The minimum atomic E-state index is -0.110. The molecule has 0 aliphatic rings. The second kappa shape index (κ2) is 6.39. The van der Waals surface area contributed by atoms with E-state index in [2.05, 4.69) is 10.3 Å². The Bertz CT molecular complexity index is 543. The van der Waals surface area contributed by atoms with Crippen LogP contribution in [0.25, 0.3) is 0 Å². The summed E-state index contributed by atoms with van der Waals surface area (Å²) in [5, 5.41) is 2.75. The van der Waals surface area contributed by atoms with Gasteiger partial charge in [-0.1, -0.05) is 12.1 Å². The minimum absolute atomic E-state index is 0.110. The number of ether oxygens (including phenoxy) is 1. The third-order valence-electron chi connectivity index (χ3n) is 2.47. The lowest BCUT2D eigenvalue weighted by atomic mass is 10.3. The van der Waals surface area contributed by atoms with E-state index in [4.69, 9.17) is 10.5 Å². The first-order valence-corrected chi connectivity index (χ1v) is 5.93. The Kier molecular flexibility index (Phi) is 4.34. The van der Waals surface area contributed by atoms with Crippen molar-refractivity contribution in [3.05, 3.63) is 48.8 Å². The van der Waals surface area contributed by atoms with Crippen molar-refractivity contribution in [2.75, 3.05) is 17.7 Å². The van der Waals surface area contributed by atoms with Crippen molar-refractivity contribution in [1.29, 1.82) is 0 Å². The maximum atomic E-state index is 11.6. The first kappa shape index (κ1) is 12.9. The van der Waals surface area contributed by atoms with Crippen molar-refractivity contribution in [3.63, 3.8) is 0 Å². The molecule has 1 aromatic carbocycles. The predicted octanol–water partition coefficient (Wildman–Crippen LogP) is 2.07. The number of nitrogens with zero attached hydrogens (tertiary/aromatic N) is 1. The summed E-state index contributed by atoms with van der Waals surface area (Å²) >= 11 is 0. The maximum absolute atomic E-state index is 11.6. The van der Waals surface area contributed by atoms with Gasteiger partial charge in [-0.3, -0.25) is 9.78 Å². The molecule has 0 aliphatic heterocycles. The molecule has 5 heteroatoms. The lowest BCUT2D eigenvalue weighted by Gasteiger charge is -2.08. The molecular weight excluding hydrogens is 242 g/mol. The highest BCUT2D eigenvalue weighted by atomic mass is 16.5. The van der Waals surface area contributed by atoms with E-state index in [-0.39, 0.29) is 18.9 Å². The topological polar surface area (TPSA) is 77.2 Å². The van der Waals surface area contributed by atoms with Crippen LogP contribution in [0.5, 0.6) is 5.75 Å². The van der Waals surface area contributed by atoms with Crippen molar-refractivity contribution in [2.45, 2.75) is 6.42 Å². The standard InChI is InChI=1S/C14H15N3O2/c15-12-3-1-2-4-13(12)19-10-7-14(18)17-11-5-8-16-9-6-11/h1-6,8-9H,7,10,15H2,(H,16,17,18). The molecule has 0 spiro atoms. The van der Waals surface area contributed by atoms with Crippen LogP contribution in [0.4, 0.5) is 11.4 Å². The van der Waals surface area contributed by atoms with E-state index in [1.807, 2.05) is 12.1 Å². The molecule has 19 heavy (non-hydrogen) atoms. The molecule has 3 N–H and O–H groups in total. The SMILES string of the molecule is Nc1ccccc1OCCC(=O)Nc1ccncc1. The summed E-state index contributed by atoms with van der Waals surface area (Å²) in [5.74, 6) is 0.486. The second-order valence-electron chi connectivity index (χ2n) is 3.92. The maximum Gasteiger partial charge on any atom is 0.227 e. The summed E-state index contributed by atoms with van der Waals surface area (Å²) in [6.45, 7) is 0.283. The Morgan fingerprint density at radius 1 is 1.21 bits per heavy atom. The van der Waals surface area contributed by atoms with Crippen molar-refractivity contribution in [1.82, 2.24) is 4.98 Å². The van der Waals surface area contributed by atoms with Crippen molar-refractivity contribution in [3.8, 4) is 5.75 Å². The third-order valence-corrected chi connectivity index (χ3v) is 2.47. The third kappa shape index (κ3) is 3.99. The molecule has 0 fully saturated rings. The summed E-state index contributed by atoms with van der Waals surface area (Å²) in [7, 11) is 0. The van der Waals surface area contributed by atoms with E-state index >= 15 is 0 Å². The van der Waals surface area contributed by atoms with Crippen LogP contribution in [-0.2, 0) is 4.79 Å². The van der Waals surface area contributed by atoms with Gasteiger partial charge in [0.15, 0.2) is 0 Å². The fourth-order valence-electron chi connectivity index (χ4n) is 1.52. The molecular formula is C14H15N3O2. The van der Waals surface area contributed by atoms with Crippen molar-refractivity contribution < 1.29 is 9.53 Å². The molecule has 5 nitrogen and oxygen atoms in total. The number of amides is 1. The predicted molar refractivity (Wildman–Crippen MR) is 73.8 cm³/mol. The molecule has 98 valence electrons. The van der Waals surface area contributed by atoms with Crippen LogP contribution in [0.2, 0.25) is 0 Å². The fraction of sp³-hybridized carbons (Fsp3) is 0.143. The number of nitrogens with two attached hydrogens (primary N) is 1. The van der Waals surface area contributed by atoms with Gasteiger partial charge in [0.05, 0.1) is 18.7 Å². The quantitative estimate of drug-likeness (QED) is 0.804. The van der Waals surface area contributed by atoms with Crippen LogP contribution in [0, 0.1) is 0 Å². The van der Waals surface area contributed by atoms with Gasteiger partial charge < -0.3 is 15.8 Å². The second-order valence-corrected chi connectivity index (χ2v) is 3.92. The zero-order chi connectivity index (χ0) is 13.5. The smallest absolute Gasteiger partial charge is 0.227 e. The molecule has 0 aliphatic carbocycles. The molecule has 0 saturated heterocycles. The lowest BCUT2D eigenvalue weighted by molar-refractivity contribution is -0.116. The van der Waals surface area contributed by atoms with Gasteiger partial charge >= 0.3 is 0 Å². The number of hydrogen-bond donors (Lipinski definition) is 2. The number of anilines is 2. The summed E-state index contributed by atoms with van der Waals surface area (Å²) in [6.07, 6.45) is 3.50. The van der Waals surface area contributed by atoms with Crippen LogP contribution < -0.4 is 15.8 Å². The van der Waals surface area contributed by atoms with Crippen LogP contribution in [0.3, 0.4) is 0 Å². The number of benzene rings is 1. The van der Waals surface area contributed by atoms with Gasteiger partial charge in [-0.2, -0.15) is 0 Å². The van der Waals surface area contributed by atoms with E-state index < -0.39 is 0 Å². The zero-order valence-electron chi connectivity index (χ0n) is 10.4. The fourth-order valence-corrected chi connectivity index (χ4v) is 1.52. The van der Waals surface area contributed by atoms with Gasteiger partial charge in [0.2, 0.25) is 5.91 Å². The van der Waals surface area contributed by atoms with Gasteiger partial charge in [-0.15, -0.1) is 0 Å². The summed E-state index contributed by atoms with van der Waals surface area (Å²) in [5.41, 5.74) is 7.02. The number of carbonyl (C=O) groups excluding carboxylic acids is 1. The zero-order valence-corrected chi connectivity index (χ0v) is 10.4. The molecule has 1 heterocycles. The molecule has 2 aromatic rings. The van der Waals surface area contributed by atoms with E-state index in [0.29, 0.717) is 11.4 Å². The Balaban J connectivity index is 1.77. The van der Waals surface area contributed by atoms with Crippen LogP contribution in [-0.4, -0.2) is 17.5 Å². The van der Waals surface area contributed by atoms with Crippen LogP contribution in [0.1, 0.15) is 6.42 Å². The number of pyridine rings is 1. The van der Waals surface area contributed by atoms with E-state index in [1.165, 1.54) is 0 Å². The highest BCUT2D eigenvalue weighted by Crippen LogP contribution is 2.19. The number of nitrogens with one attached hydrogen (secondary N) is 1. The number of aromatic nitrogens is 1. The first-order valence-electron chi connectivity index (χ1n) is 5.93. The molecule has 1 amide bonds. The Hall–Kier alpha value is -2.56. The molecule has 0 saturated carbocycles. The summed E-state index contributed by atoms with van der Waals surface area (Å²) in [6, 6.07) is 10.7. The van der Waals surface area contributed by atoms with Gasteiger partial charge in [0, 0.05) is 18.1 Å². The van der Waals surface area contributed by atoms with Gasteiger partial charge in [0.1, 0.15) is 5.75 Å². The van der Waals surface area contributed by atoms with Gasteiger partial charge in [-0.05, 0) is 24.3 Å². The number of rotatable bonds is 5. The van der Waals surface area contributed by atoms with Crippen molar-refractivity contribution >= 4 is 17.3 Å². The Morgan fingerprint density at radius 2 is 1.95 bits per heavy atom. The Morgan fingerprint density at radius 3 is 2.68 bits per heavy atom. The lowest BCUT2D eigenvalue weighted by Crippen LogP contribution is -2.15. The first-order chi connectivity index (χ1) is 9.25. The van der Waals surface area contributed by atoms with Gasteiger partial charge in [0.25, 0.3) is 0 Å². The molecule has 0 bridgehead atoms. The summed E-state index contributed by atoms with van der Waals surface area (Å²) < 4.78 is 5.45. The number of nitrogen functional groups attached to an aromatic ring is 1.